The molecule has 0 amide bonds. The molecule has 0 fully saturated rings. The van der Waals surface area contributed by atoms with Crippen molar-refractivity contribution < 1.29 is 4.74 Å². The maximum atomic E-state index is 5.75. The van der Waals surface area contributed by atoms with Gasteiger partial charge in [-0.25, -0.2) is 9.97 Å². The Morgan fingerprint density at radius 2 is 2.17 bits per heavy atom. The molecule has 18 heavy (non-hydrogen) atoms. The summed E-state index contributed by atoms with van der Waals surface area (Å²) in [6.07, 6.45) is 4.10. The van der Waals surface area contributed by atoms with E-state index < -0.39 is 0 Å². The first-order valence-corrected chi connectivity index (χ1v) is 6.26. The molecule has 1 unspecified atom stereocenters. The number of rotatable bonds is 6. The number of aromatic nitrogens is 3. The minimum Gasteiger partial charge on any atom is -0.383 e. The van der Waals surface area contributed by atoms with Crippen LogP contribution in [0.15, 0.2) is 24.5 Å². The first-order valence-electron chi connectivity index (χ1n) is 5.72. The molecule has 96 valence electrons. The number of hydrogen-bond donors (Lipinski definition) is 1. The van der Waals surface area contributed by atoms with Crippen LogP contribution in [0.5, 0.6) is 0 Å². The number of methoxy groups -OCH3 is 1. The lowest BCUT2D eigenvalue weighted by molar-refractivity contribution is 0.184. The summed E-state index contributed by atoms with van der Waals surface area (Å²) >= 11 is 5.75. The predicted octanol–water partition coefficient (Wildman–Crippen LogP) is 2.08. The van der Waals surface area contributed by atoms with Crippen molar-refractivity contribution in [1.29, 1.82) is 0 Å². The van der Waals surface area contributed by atoms with E-state index in [1.165, 1.54) is 0 Å². The summed E-state index contributed by atoms with van der Waals surface area (Å²) in [7, 11) is 1.67. The van der Waals surface area contributed by atoms with Gasteiger partial charge in [0.1, 0.15) is 11.3 Å². The van der Waals surface area contributed by atoms with Crippen LogP contribution in [0, 0.1) is 0 Å². The molecule has 0 saturated heterocycles. The first-order chi connectivity index (χ1) is 8.83. The van der Waals surface area contributed by atoms with Crippen molar-refractivity contribution in [3.8, 4) is 0 Å². The van der Waals surface area contributed by atoms with Crippen molar-refractivity contribution in [2.24, 2.45) is 0 Å². The van der Waals surface area contributed by atoms with E-state index in [4.69, 9.17) is 16.3 Å². The Morgan fingerprint density at radius 1 is 1.33 bits per heavy atom. The van der Waals surface area contributed by atoms with Gasteiger partial charge in [0, 0.05) is 25.4 Å². The van der Waals surface area contributed by atoms with Crippen molar-refractivity contribution in [2.45, 2.75) is 12.5 Å². The number of nitrogens with one attached hydrogen (secondary N) is 1. The van der Waals surface area contributed by atoms with Gasteiger partial charge in [-0.3, -0.25) is 4.98 Å². The van der Waals surface area contributed by atoms with Crippen LogP contribution in [-0.4, -0.2) is 40.6 Å². The van der Waals surface area contributed by atoms with E-state index in [-0.39, 0.29) is 6.04 Å². The standard InChI is InChI=1S/C12H15ClN4O/c1-18-8-9(4-5-13)16-11-3-2-10-12(17-11)15-7-6-14-10/h2-3,6-7,9H,4-5,8H2,1H3,(H,15,16,17). The van der Waals surface area contributed by atoms with Crippen LogP contribution < -0.4 is 5.32 Å². The third-order valence-corrected chi connectivity index (χ3v) is 2.73. The SMILES string of the molecule is COCC(CCCl)Nc1ccc2nccnc2n1. The fraction of sp³-hybridized carbons (Fsp3) is 0.417. The predicted molar refractivity (Wildman–Crippen MR) is 72.0 cm³/mol. The van der Waals surface area contributed by atoms with Crippen LogP contribution in [0.4, 0.5) is 5.82 Å². The number of alkyl halides is 1. The van der Waals surface area contributed by atoms with Crippen molar-refractivity contribution >= 4 is 28.6 Å². The van der Waals surface area contributed by atoms with Crippen molar-refractivity contribution in [3.63, 3.8) is 0 Å². The highest BCUT2D eigenvalue weighted by Gasteiger charge is 2.09. The highest BCUT2D eigenvalue weighted by molar-refractivity contribution is 6.17. The van der Waals surface area contributed by atoms with Gasteiger partial charge in [-0.15, -0.1) is 11.6 Å². The number of anilines is 1. The summed E-state index contributed by atoms with van der Waals surface area (Å²) in [6.45, 7) is 0.590. The van der Waals surface area contributed by atoms with E-state index in [9.17, 15) is 0 Å². The Balaban J connectivity index is 2.14. The number of hydrogen-bond acceptors (Lipinski definition) is 5. The maximum absolute atomic E-state index is 5.75. The lowest BCUT2D eigenvalue weighted by Gasteiger charge is -2.17. The van der Waals surface area contributed by atoms with Gasteiger partial charge in [0.05, 0.1) is 12.6 Å². The Kier molecular flexibility index (Phi) is 4.66. The van der Waals surface area contributed by atoms with Gasteiger partial charge in [-0.1, -0.05) is 0 Å². The van der Waals surface area contributed by atoms with Crippen LogP contribution in [-0.2, 0) is 4.74 Å². The molecule has 5 nitrogen and oxygen atoms in total. The summed E-state index contributed by atoms with van der Waals surface area (Å²) in [6, 6.07) is 3.92. The second-order valence-corrected chi connectivity index (χ2v) is 4.25. The van der Waals surface area contributed by atoms with Gasteiger partial charge in [0.15, 0.2) is 5.65 Å². The Bertz CT molecular complexity index is 502. The van der Waals surface area contributed by atoms with Crippen molar-refractivity contribution in [3.05, 3.63) is 24.5 Å². The molecule has 0 radical (unpaired) electrons. The summed E-state index contributed by atoms with van der Waals surface area (Å²) in [4.78, 5) is 12.7. The molecule has 2 aromatic heterocycles. The molecule has 0 saturated carbocycles. The zero-order valence-corrected chi connectivity index (χ0v) is 10.9. The second kappa shape index (κ2) is 6.47. The Morgan fingerprint density at radius 3 is 2.94 bits per heavy atom. The van der Waals surface area contributed by atoms with E-state index in [0.717, 1.165) is 17.8 Å². The topological polar surface area (TPSA) is 59.9 Å². The van der Waals surface area contributed by atoms with Crippen LogP contribution in [0.2, 0.25) is 0 Å². The molecule has 0 spiro atoms. The van der Waals surface area contributed by atoms with E-state index in [2.05, 4.69) is 20.3 Å². The number of pyridine rings is 1. The van der Waals surface area contributed by atoms with Gasteiger partial charge in [0.25, 0.3) is 0 Å². The first kappa shape index (κ1) is 13.0. The smallest absolute Gasteiger partial charge is 0.180 e. The average molecular weight is 267 g/mol. The van der Waals surface area contributed by atoms with Gasteiger partial charge in [-0.2, -0.15) is 0 Å². The molecule has 2 heterocycles. The Hall–Kier alpha value is -1.46. The van der Waals surface area contributed by atoms with E-state index in [1.54, 1.807) is 19.5 Å². The number of fused-ring (bicyclic) bond motifs is 1. The van der Waals surface area contributed by atoms with Crippen LogP contribution in [0.3, 0.4) is 0 Å². The summed E-state index contributed by atoms with van der Waals surface area (Å²) < 4.78 is 5.14. The molecule has 0 aliphatic rings. The molecule has 1 atom stereocenters. The molecule has 0 aliphatic carbocycles. The molecular weight excluding hydrogens is 252 g/mol. The van der Waals surface area contributed by atoms with Crippen molar-refractivity contribution in [2.75, 3.05) is 24.9 Å². The van der Waals surface area contributed by atoms with Crippen LogP contribution >= 0.6 is 11.6 Å². The number of nitrogens with zero attached hydrogens (tertiary/aromatic N) is 3. The molecule has 2 aromatic rings. The van der Waals surface area contributed by atoms with E-state index >= 15 is 0 Å². The summed E-state index contributed by atoms with van der Waals surface area (Å²) in [5.74, 6) is 1.34. The molecule has 0 aromatic carbocycles. The van der Waals surface area contributed by atoms with Gasteiger partial charge in [-0.05, 0) is 18.6 Å². The fourth-order valence-corrected chi connectivity index (χ4v) is 1.94. The molecule has 1 N–H and O–H groups in total. The largest absolute Gasteiger partial charge is 0.383 e. The highest BCUT2D eigenvalue weighted by atomic mass is 35.5. The molecular formula is C12H15ClN4O. The van der Waals surface area contributed by atoms with Crippen molar-refractivity contribution in [1.82, 2.24) is 15.0 Å². The fourth-order valence-electron chi connectivity index (χ4n) is 1.67. The zero-order chi connectivity index (χ0) is 12.8. The molecule has 2 rings (SSSR count). The molecule has 0 bridgehead atoms. The van der Waals surface area contributed by atoms with Gasteiger partial charge in [0.2, 0.25) is 0 Å². The molecule has 0 aliphatic heterocycles. The number of halogens is 1. The van der Waals surface area contributed by atoms with E-state index in [0.29, 0.717) is 18.1 Å². The molecule has 6 heteroatoms. The third-order valence-electron chi connectivity index (χ3n) is 2.51. The minimum absolute atomic E-state index is 0.147. The summed E-state index contributed by atoms with van der Waals surface area (Å²) in [5.41, 5.74) is 1.41. The lowest BCUT2D eigenvalue weighted by Crippen LogP contribution is -2.25. The zero-order valence-electron chi connectivity index (χ0n) is 10.1. The monoisotopic (exact) mass is 266 g/mol. The third kappa shape index (κ3) is 3.27. The normalized spacial score (nSPS) is 12.6. The number of ether oxygens (including phenoxy) is 1. The minimum atomic E-state index is 0.147. The second-order valence-electron chi connectivity index (χ2n) is 3.87. The van der Waals surface area contributed by atoms with Gasteiger partial charge >= 0.3 is 0 Å². The maximum Gasteiger partial charge on any atom is 0.180 e. The average Bonchev–Trinajstić information content (AvgIpc) is 2.39. The van der Waals surface area contributed by atoms with E-state index in [1.807, 2.05) is 12.1 Å². The van der Waals surface area contributed by atoms with Crippen LogP contribution in [0.25, 0.3) is 11.2 Å². The van der Waals surface area contributed by atoms with Gasteiger partial charge < -0.3 is 10.1 Å². The highest BCUT2D eigenvalue weighted by Crippen LogP contribution is 2.12. The lowest BCUT2D eigenvalue weighted by atomic mass is 10.2. The Labute approximate surface area is 111 Å². The van der Waals surface area contributed by atoms with Crippen LogP contribution in [0.1, 0.15) is 6.42 Å². The summed E-state index contributed by atoms with van der Waals surface area (Å²) in [5, 5.41) is 3.28. The quantitative estimate of drug-likeness (QED) is 0.811.